The van der Waals surface area contributed by atoms with Crippen molar-refractivity contribution in [2.75, 3.05) is 5.32 Å². The van der Waals surface area contributed by atoms with E-state index >= 15 is 0 Å². The number of rotatable bonds is 5. The molecule has 0 radical (unpaired) electrons. The van der Waals surface area contributed by atoms with E-state index in [1.165, 1.54) is 0 Å². The van der Waals surface area contributed by atoms with Gasteiger partial charge in [-0.3, -0.25) is 0 Å². The Balaban J connectivity index is 2.16. The van der Waals surface area contributed by atoms with Gasteiger partial charge in [-0.1, -0.05) is 49.7 Å². The summed E-state index contributed by atoms with van der Waals surface area (Å²) in [6.45, 7) is 3.70. The van der Waals surface area contributed by atoms with Crippen molar-refractivity contribution in [3.05, 3.63) is 53.6 Å². The lowest BCUT2D eigenvalue weighted by molar-refractivity contribution is -0.138. The van der Waals surface area contributed by atoms with Crippen molar-refractivity contribution in [3.63, 3.8) is 0 Å². The Morgan fingerprint density at radius 2 is 1.76 bits per heavy atom. The number of benzene rings is 2. The first-order chi connectivity index (χ1) is 12.0. The fourth-order valence-electron chi connectivity index (χ4n) is 2.61. The molecule has 128 valence electrons. The maximum absolute atomic E-state index is 11.6. The van der Waals surface area contributed by atoms with Gasteiger partial charge in [-0.15, -0.1) is 0 Å². The second kappa shape index (κ2) is 7.07. The van der Waals surface area contributed by atoms with Crippen molar-refractivity contribution in [1.29, 1.82) is 0 Å². The lowest BCUT2D eigenvalue weighted by Crippen LogP contribution is -2.34. The first kappa shape index (κ1) is 17.2. The van der Waals surface area contributed by atoms with Crippen LogP contribution in [-0.4, -0.2) is 27.1 Å². The second-order valence-corrected chi connectivity index (χ2v) is 6.50. The minimum absolute atomic E-state index is 0.102. The molecule has 0 amide bonds. The molecule has 0 spiro atoms. The molecule has 0 aliphatic carbocycles. The number of nitrogens with one attached hydrogen (secondary N) is 1. The lowest BCUT2D eigenvalue weighted by atomic mass is 10.0. The van der Waals surface area contributed by atoms with Crippen LogP contribution in [0, 0.1) is 5.92 Å². The van der Waals surface area contributed by atoms with E-state index in [4.69, 9.17) is 11.6 Å². The standard InChI is InChI=1S/C19H18ClN3O2/c1-11(2)16(19(24)25)22-18-13-8-4-6-10-15(13)21-17(23-18)12-7-3-5-9-14(12)20/h3-11,16H,1-2H3,(H,24,25)(H,21,22,23). The first-order valence-electron chi connectivity index (χ1n) is 7.98. The molecular weight excluding hydrogens is 338 g/mol. The monoisotopic (exact) mass is 355 g/mol. The van der Waals surface area contributed by atoms with E-state index in [9.17, 15) is 9.90 Å². The van der Waals surface area contributed by atoms with Crippen LogP contribution in [0.3, 0.4) is 0 Å². The van der Waals surface area contributed by atoms with E-state index in [0.717, 1.165) is 10.9 Å². The summed E-state index contributed by atoms with van der Waals surface area (Å²) in [5.41, 5.74) is 1.43. The molecule has 0 aliphatic heterocycles. The van der Waals surface area contributed by atoms with E-state index in [1.807, 2.05) is 56.3 Å². The minimum Gasteiger partial charge on any atom is -0.480 e. The van der Waals surface area contributed by atoms with E-state index in [1.54, 1.807) is 6.07 Å². The van der Waals surface area contributed by atoms with Crippen LogP contribution >= 0.6 is 11.6 Å². The summed E-state index contributed by atoms with van der Waals surface area (Å²) in [4.78, 5) is 20.7. The number of hydrogen-bond acceptors (Lipinski definition) is 4. The molecule has 25 heavy (non-hydrogen) atoms. The van der Waals surface area contributed by atoms with Crippen molar-refractivity contribution in [2.45, 2.75) is 19.9 Å². The van der Waals surface area contributed by atoms with Gasteiger partial charge in [0.15, 0.2) is 5.82 Å². The number of carboxylic acids is 1. The molecule has 0 fully saturated rings. The molecule has 1 aromatic heterocycles. The molecule has 2 aromatic carbocycles. The van der Waals surface area contributed by atoms with E-state index in [-0.39, 0.29) is 5.92 Å². The molecule has 3 aromatic rings. The van der Waals surface area contributed by atoms with E-state index < -0.39 is 12.0 Å². The summed E-state index contributed by atoms with van der Waals surface area (Å²) in [7, 11) is 0. The Morgan fingerprint density at radius 1 is 1.08 bits per heavy atom. The number of hydrogen-bond donors (Lipinski definition) is 2. The third-order valence-corrected chi connectivity index (χ3v) is 4.27. The van der Waals surface area contributed by atoms with E-state index in [2.05, 4.69) is 15.3 Å². The number of nitrogens with zero attached hydrogens (tertiary/aromatic N) is 2. The molecule has 1 unspecified atom stereocenters. The molecule has 0 aliphatic rings. The van der Waals surface area contributed by atoms with Crippen LogP contribution < -0.4 is 5.32 Å². The Hall–Kier alpha value is -2.66. The Kier molecular flexibility index (Phi) is 4.86. The molecule has 1 heterocycles. The van der Waals surface area contributed by atoms with Gasteiger partial charge in [0, 0.05) is 10.9 Å². The van der Waals surface area contributed by atoms with Gasteiger partial charge in [0.25, 0.3) is 0 Å². The van der Waals surface area contributed by atoms with Crippen LogP contribution in [0.1, 0.15) is 13.8 Å². The second-order valence-electron chi connectivity index (χ2n) is 6.10. The maximum atomic E-state index is 11.6. The molecule has 1 atom stereocenters. The zero-order valence-corrected chi connectivity index (χ0v) is 14.7. The van der Waals surface area contributed by atoms with Crippen LogP contribution in [-0.2, 0) is 4.79 Å². The van der Waals surface area contributed by atoms with Crippen LogP contribution in [0.5, 0.6) is 0 Å². The number of anilines is 1. The summed E-state index contributed by atoms with van der Waals surface area (Å²) in [6.07, 6.45) is 0. The Bertz CT molecular complexity index is 927. The third-order valence-electron chi connectivity index (χ3n) is 3.94. The molecule has 6 heteroatoms. The van der Waals surface area contributed by atoms with Crippen LogP contribution in [0.4, 0.5) is 5.82 Å². The molecule has 5 nitrogen and oxygen atoms in total. The van der Waals surface area contributed by atoms with Gasteiger partial charge >= 0.3 is 5.97 Å². The molecular formula is C19H18ClN3O2. The summed E-state index contributed by atoms with van der Waals surface area (Å²) in [5, 5.41) is 13.8. The number of carbonyl (C=O) groups is 1. The zero-order valence-electron chi connectivity index (χ0n) is 13.9. The predicted molar refractivity (Wildman–Crippen MR) is 99.9 cm³/mol. The number of fused-ring (bicyclic) bond motifs is 1. The maximum Gasteiger partial charge on any atom is 0.326 e. The lowest BCUT2D eigenvalue weighted by Gasteiger charge is -2.20. The largest absolute Gasteiger partial charge is 0.480 e. The van der Waals surface area contributed by atoms with Crippen molar-refractivity contribution >= 4 is 34.3 Å². The van der Waals surface area contributed by atoms with Crippen LogP contribution in [0.15, 0.2) is 48.5 Å². The van der Waals surface area contributed by atoms with Gasteiger partial charge in [-0.05, 0) is 30.2 Å². The zero-order chi connectivity index (χ0) is 18.0. The van der Waals surface area contributed by atoms with Crippen LogP contribution in [0.25, 0.3) is 22.3 Å². The Morgan fingerprint density at radius 3 is 2.44 bits per heavy atom. The van der Waals surface area contributed by atoms with Gasteiger partial charge in [0.1, 0.15) is 11.9 Å². The SMILES string of the molecule is CC(C)C(Nc1nc(-c2ccccc2Cl)nc2ccccc12)C(=O)O. The van der Waals surface area contributed by atoms with Crippen molar-refractivity contribution in [1.82, 2.24) is 9.97 Å². The third kappa shape index (κ3) is 3.56. The molecule has 2 N–H and O–H groups in total. The highest BCUT2D eigenvalue weighted by Crippen LogP contribution is 2.29. The van der Waals surface area contributed by atoms with Gasteiger partial charge in [-0.25, -0.2) is 14.8 Å². The molecule has 0 bridgehead atoms. The topological polar surface area (TPSA) is 75.1 Å². The van der Waals surface area contributed by atoms with E-state index in [0.29, 0.717) is 22.2 Å². The predicted octanol–water partition coefficient (Wildman–Crippen LogP) is 4.47. The minimum atomic E-state index is -0.919. The number of para-hydroxylation sites is 1. The van der Waals surface area contributed by atoms with Gasteiger partial charge in [0.05, 0.1) is 10.5 Å². The number of halogens is 1. The fourth-order valence-corrected chi connectivity index (χ4v) is 2.83. The number of carboxylic acid groups (broad SMARTS) is 1. The molecule has 3 rings (SSSR count). The molecule has 0 saturated carbocycles. The van der Waals surface area contributed by atoms with Gasteiger partial charge in [-0.2, -0.15) is 0 Å². The highest BCUT2D eigenvalue weighted by molar-refractivity contribution is 6.33. The smallest absolute Gasteiger partial charge is 0.326 e. The summed E-state index contributed by atoms with van der Waals surface area (Å²) in [5.74, 6) is -0.0757. The molecule has 0 saturated heterocycles. The average molecular weight is 356 g/mol. The highest BCUT2D eigenvalue weighted by atomic mass is 35.5. The first-order valence-corrected chi connectivity index (χ1v) is 8.36. The Labute approximate surface area is 150 Å². The van der Waals surface area contributed by atoms with Crippen molar-refractivity contribution in [2.24, 2.45) is 5.92 Å². The van der Waals surface area contributed by atoms with Crippen molar-refractivity contribution in [3.8, 4) is 11.4 Å². The number of aromatic nitrogens is 2. The van der Waals surface area contributed by atoms with Gasteiger partial charge in [0.2, 0.25) is 0 Å². The quantitative estimate of drug-likeness (QED) is 0.706. The van der Waals surface area contributed by atoms with Crippen LogP contribution in [0.2, 0.25) is 5.02 Å². The summed E-state index contributed by atoms with van der Waals surface area (Å²) >= 11 is 6.27. The normalized spacial score (nSPS) is 12.3. The van der Waals surface area contributed by atoms with Crippen molar-refractivity contribution < 1.29 is 9.90 Å². The van der Waals surface area contributed by atoms with Gasteiger partial charge < -0.3 is 10.4 Å². The highest BCUT2D eigenvalue weighted by Gasteiger charge is 2.23. The number of aliphatic carboxylic acids is 1. The average Bonchev–Trinajstić information content (AvgIpc) is 2.59. The summed E-state index contributed by atoms with van der Waals surface area (Å²) in [6, 6.07) is 14.1. The fraction of sp³-hybridized carbons (Fsp3) is 0.211. The summed E-state index contributed by atoms with van der Waals surface area (Å²) < 4.78 is 0.